The predicted molar refractivity (Wildman–Crippen MR) is 121 cm³/mol. The van der Waals surface area contributed by atoms with Crippen LogP contribution in [0.4, 0.5) is 5.13 Å². The molecule has 0 atom stereocenters. The molecule has 0 fully saturated rings. The van der Waals surface area contributed by atoms with Gasteiger partial charge in [0.25, 0.3) is 11.5 Å². The highest BCUT2D eigenvalue weighted by atomic mass is 32.1. The number of hydrogen-bond acceptors (Lipinski definition) is 9. The minimum Gasteiger partial charge on any atom is -0.462 e. The number of nitrogens with two attached hydrogens (primary N) is 1. The Morgan fingerprint density at radius 2 is 2.03 bits per heavy atom. The highest BCUT2D eigenvalue weighted by molar-refractivity contribution is 7.22. The van der Waals surface area contributed by atoms with E-state index in [0.29, 0.717) is 31.3 Å². The lowest BCUT2D eigenvalue weighted by molar-refractivity contribution is -0.116. The number of primary amides is 1. The van der Waals surface area contributed by atoms with Crippen molar-refractivity contribution in [1.82, 2.24) is 14.5 Å². The largest absolute Gasteiger partial charge is 0.462 e. The molecule has 12 heteroatoms. The molecule has 0 aliphatic carbocycles. The summed E-state index contributed by atoms with van der Waals surface area (Å²) in [5, 5.41) is 3.26. The smallest absolute Gasteiger partial charge is 0.338 e. The van der Waals surface area contributed by atoms with Gasteiger partial charge in [-0.25, -0.2) is 14.8 Å². The van der Waals surface area contributed by atoms with E-state index in [-0.39, 0.29) is 23.4 Å². The first-order valence-corrected chi connectivity index (χ1v) is 11.1. The van der Waals surface area contributed by atoms with Crippen molar-refractivity contribution >= 4 is 66.0 Å². The van der Waals surface area contributed by atoms with Crippen LogP contribution >= 0.6 is 22.7 Å². The molecule has 0 aliphatic rings. The molecule has 0 aliphatic heterocycles. The third-order valence-corrected chi connectivity index (χ3v) is 6.75. The molecule has 32 heavy (non-hydrogen) atoms. The number of carbonyl (C=O) groups is 3. The number of anilines is 1. The van der Waals surface area contributed by atoms with Gasteiger partial charge in [-0.15, -0.1) is 11.3 Å². The number of benzene rings is 1. The van der Waals surface area contributed by atoms with Gasteiger partial charge < -0.3 is 15.8 Å². The molecule has 0 radical (unpaired) electrons. The van der Waals surface area contributed by atoms with Crippen molar-refractivity contribution < 1.29 is 19.1 Å². The summed E-state index contributed by atoms with van der Waals surface area (Å²) in [4.78, 5) is 57.9. The van der Waals surface area contributed by atoms with Crippen LogP contribution in [0.25, 0.3) is 20.4 Å². The molecule has 0 saturated heterocycles. The van der Waals surface area contributed by atoms with Gasteiger partial charge in [0.15, 0.2) is 5.13 Å². The molecule has 0 saturated carbocycles. The van der Waals surface area contributed by atoms with Gasteiger partial charge >= 0.3 is 5.97 Å². The van der Waals surface area contributed by atoms with E-state index in [1.54, 1.807) is 32.0 Å². The van der Waals surface area contributed by atoms with Crippen LogP contribution in [-0.4, -0.2) is 38.9 Å². The fourth-order valence-electron chi connectivity index (χ4n) is 3.14. The topological polar surface area (TPSA) is 146 Å². The van der Waals surface area contributed by atoms with Crippen LogP contribution in [0.3, 0.4) is 0 Å². The molecule has 3 aromatic heterocycles. The van der Waals surface area contributed by atoms with Crippen molar-refractivity contribution in [3.05, 3.63) is 50.9 Å². The number of thiazole rings is 1. The summed E-state index contributed by atoms with van der Waals surface area (Å²) >= 11 is 2.24. The fraction of sp³-hybridized carbons (Fsp3) is 0.200. The molecule has 0 bridgehead atoms. The third-order valence-electron chi connectivity index (χ3n) is 4.60. The summed E-state index contributed by atoms with van der Waals surface area (Å²) < 4.78 is 6.86. The summed E-state index contributed by atoms with van der Waals surface area (Å²) in [6.45, 7) is 3.34. The van der Waals surface area contributed by atoms with Crippen molar-refractivity contribution in [2.45, 2.75) is 20.4 Å². The number of esters is 1. The normalized spacial score (nSPS) is 11.1. The van der Waals surface area contributed by atoms with Gasteiger partial charge in [-0.2, -0.15) is 0 Å². The van der Waals surface area contributed by atoms with E-state index in [0.717, 1.165) is 15.9 Å². The summed E-state index contributed by atoms with van der Waals surface area (Å²) in [6, 6.07) is 4.93. The first-order chi connectivity index (χ1) is 15.3. The summed E-state index contributed by atoms with van der Waals surface area (Å²) in [6.07, 6.45) is 1.26. The number of hydrogen-bond donors (Lipinski definition) is 2. The Kier molecular flexibility index (Phi) is 5.72. The van der Waals surface area contributed by atoms with Crippen molar-refractivity contribution in [1.29, 1.82) is 0 Å². The number of amides is 2. The van der Waals surface area contributed by atoms with Crippen LogP contribution in [0.5, 0.6) is 0 Å². The number of fused-ring (bicyclic) bond motifs is 2. The zero-order chi connectivity index (χ0) is 23.0. The maximum Gasteiger partial charge on any atom is 0.338 e. The number of rotatable bonds is 6. The molecular formula is C20H17N5O5S2. The van der Waals surface area contributed by atoms with E-state index in [1.165, 1.54) is 17.7 Å². The quantitative estimate of drug-likeness (QED) is 0.410. The second kappa shape index (κ2) is 8.48. The number of carbonyl (C=O) groups excluding carboxylic acids is 3. The average molecular weight is 472 g/mol. The Bertz CT molecular complexity index is 1450. The minimum absolute atomic E-state index is 0.267. The van der Waals surface area contributed by atoms with Gasteiger partial charge in [0.05, 0.1) is 39.0 Å². The number of ether oxygens (including phenoxy) is 1. The molecule has 1 aromatic carbocycles. The number of nitrogens with zero attached hydrogens (tertiary/aromatic N) is 3. The summed E-state index contributed by atoms with van der Waals surface area (Å²) in [5.74, 6) is -1.53. The Balaban J connectivity index is 1.55. The Labute approximate surface area is 188 Å². The van der Waals surface area contributed by atoms with Crippen molar-refractivity contribution in [3.8, 4) is 0 Å². The number of aromatic nitrogens is 3. The SMILES string of the molecule is CCOC(=O)c1ccc2nc(NC(=O)Cn3cnc4sc(C(N)=O)c(C)c4c3=O)sc2c1. The van der Waals surface area contributed by atoms with Crippen LogP contribution < -0.4 is 16.6 Å². The lowest BCUT2D eigenvalue weighted by atomic mass is 10.2. The molecular weight excluding hydrogens is 454 g/mol. The average Bonchev–Trinajstić information content (AvgIpc) is 3.30. The van der Waals surface area contributed by atoms with Crippen LogP contribution in [0.15, 0.2) is 29.3 Å². The Hall–Kier alpha value is -3.64. The van der Waals surface area contributed by atoms with Gasteiger partial charge in [0.2, 0.25) is 5.91 Å². The Morgan fingerprint density at radius 1 is 1.25 bits per heavy atom. The summed E-state index contributed by atoms with van der Waals surface area (Å²) in [5.41, 5.74) is 6.38. The van der Waals surface area contributed by atoms with Gasteiger partial charge in [-0.3, -0.25) is 19.0 Å². The van der Waals surface area contributed by atoms with E-state index in [9.17, 15) is 19.2 Å². The van der Waals surface area contributed by atoms with Crippen LogP contribution in [0, 0.1) is 6.92 Å². The maximum absolute atomic E-state index is 12.8. The summed E-state index contributed by atoms with van der Waals surface area (Å²) in [7, 11) is 0. The van der Waals surface area contributed by atoms with E-state index in [1.807, 2.05) is 0 Å². The molecule has 4 rings (SSSR count). The lowest BCUT2D eigenvalue weighted by Crippen LogP contribution is -2.27. The molecule has 10 nitrogen and oxygen atoms in total. The van der Waals surface area contributed by atoms with Crippen LogP contribution in [-0.2, 0) is 16.1 Å². The third kappa shape index (κ3) is 3.97. The van der Waals surface area contributed by atoms with E-state index >= 15 is 0 Å². The van der Waals surface area contributed by atoms with Gasteiger partial charge in [-0.05, 0) is 37.6 Å². The maximum atomic E-state index is 12.8. The van der Waals surface area contributed by atoms with Gasteiger partial charge in [0, 0.05) is 0 Å². The lowest BCUT2D eigenvalue weighted by Gasteiger charge is -2.05. The van der Waals surface area contributed by atoms with E-state index < -0.39 is 23.3 Å². The van der Waals surface area contributed by atoms with Crippen molar-refractivity contribution in [3.63, 3.8) is 0 Å². The van der Waals surface area contributed by atoms with Crippen LogP contribution in [0.2, 0.25) is 0 Å². The molecule has 2 amide bonds. The number of thiophene rings is 1. The van der Waals surface area contributed by atoms with Gasteiger partial charge in [-0.1, -0.05) is 11.3 Å². The number of nitrogens with one attached hydrogen (secondary N) is 1. The Morgan fingerprint density at radius 3 is 2.75 bits per heavy atom. The van der Waals surface area contributed by atoms with Crippen molar-refractivity contribution in [2.24, 2.45) is 5.73 Å². The second-order valence-corrected chi connectivity index (χ2v) is 8.78. The highest BCUT2D eigenvalue weighted by Gasteiger charge is 2.19. The van der Waals surface area contributed by atoms with Crippen molar-refractivity contribution in [2.75, 3.05) is 11.9 Å². The molecule has 0 unspecified atom stereocenters. The van der Waals surface area contributed by atoms with Gasteiger partial charge in [0.1, 0.15) is 11.4 Å². The zero-order valence-electron chi connectivity index (χ0n) is 17.0. The van der Waals surface area contributed by atoms with Crippen LogP contribution in [0.1, 0.15) is 32.5 Å². The predicted octanol–water partition coefficient (Wildman–Crippen LogP) is 2.29. The molecule has 164 valence electrons. The second-order valence-electron chi connectivity index (χ2n) is 6.75. The molecule has 4 aromatic rings. The highest BCUT2D eigenvalue weighted by Crippen LogP contribution is 2.28. The fourth-order valence-corrected chi connectivity index (χ4v) is 5.05. The monoisotopic (exact) mass is 471 g/mol. The molecule has 3 N–H and O–H groups in total. The first-order valence-electron chi connectivity index (χ1n) is 9.44. The zero-order valence-corrected chi connectivity index (χ0v) is 18.6. The van der Waals surface area contributed by atoms with E-state index in [4.69, 9.17) is 10.5 Å². The molecule has 3 heterocycles. The number of aryl methyl sites for hydroxylation is 1. The molecule has 0 spiro atoms. The van der Waals surface area contributed by atoms with E-state index in [2.05, 4.69) is 15.3 Å². The minimum atomic E-state index is -0.629. The first kappa shape index (κ1) is 21.6. The standard InChI is InChI=1S/C20H17N5O5S2/c1-3-30-19(29)10-4-5-11-12(6-10)31-20(23-11)24-13(26)7-25-8-22-17-14(18(25)28)9(2)15(32-17)16(21)27/h4-6,8H,3,7H2,1-2H3,(H2,21,27)(H,23,24,26).